The van der Waals surface area contributed by atoms with Crippen LogP contribution in [0.2, 0.25) is 0 Å². The minimum absolute atomic E-state index is 0.158. The average molecular weight is 273 g/mol. The van der Waals surface area contributed by atoms with Crippen LogP contribution < -0.4 is 10.6 Å². The molecule has 20 heavy (non-hydrogen) atoms. The molecule has 2 aromatic heterocycles. The van der Waals surface area contributed by atoms with Crippen LogP contribution in [0.3, 0.4) is 0 Å². The molecular weight excluding hydrogens is 250 g/mol. The first-order valence-electron chi connectivity index (χ1n) is 6.93. The Bertz CT molecular complexity index is 575. The zero-order chi connectivity index (χ0) is 14.7. The standard InChI is InChI=1S/C16H23N3O/c1-11-7-14(8-12(2)17)9-18-16(11)19(4)10-15-6-5-13(3)20-15/h5-7,9,12H,8,10,17H2,1-4H3. The number of pyridine rings is 1. The number of aryl methyl sites for hydroxylation is 2. The van der Waals surface area contributed by atoms with E-state index in [9.17, 15) is 0 Å². The van der Waals surface area contributed by atoms with E-state index in [-0.39, 0.29) is 6.04 Å². The third-order valence-electron chi connectivity index (χ3n) is 3.22. The fraction of sp³-hybridized carbons (Fsp3) is 0.438. The molecule has 1 atom stereocenters. The lowest BCUT2D eigenvalue weighted by molar-refractivity contribution is 0.481. The van der Waals surface area contributed by atoms with Crippen LogP contribution in [0.1, 0.15) is 29.6 Å². The van der Waals surface area contributed by atoms with Crippen molar-refractivity contribution < 1.29 is 4.42 Å². The van der Waals surface area contributed by atoms with Gasteiger partial charge in [0, 0.05) is 19.3 Å². The Morgan fingerprint density at radius 3 is 2.65 bits per heavy atom. The van der Waals surface area contributed by atoms with Gasteiger partial charge in [0.15, 0.2) is 0 Å². The molecule has 0 fully saturated rings. The van der Waals surface area contributed by atoms with Crippen molar-refractivity contribution in [2.24, 2.45) is 5.73 Å². The normalized spacial score (nSPS) is 12.4. The molecule has 0 aromatic carbocycles. The summed E-state index contributed by atoms with van der Waals surface area (Å²) in [5.41, 5.74) is 8.17. The van der Waals surface area contributed by atoms with Crippen molar-refractivity contribution in [3.8, 4) is 0 Å². The van der Waals surface area contributed by atoms with Crippen LogP contribution in [-0.4, -0.2) is 18.1 Å². The van der Waals surface area contributed by atoms with Gasteiger partial charge < -0.3 is 15.1 Å². The number of rotatable bonds is 5. The van der Waals surface area contributed by atoms with E-state index < -0.39 is 0 Å². The third kappa shape index (κ3) is 3.61. The second kappa shape index (κ2) is 6.09. The smallest absolute Gasteiger partial charge is 0.131 e. The summed E-state index contributed by atoms with van der Waals surface area (Å²) in [6.07, 6.45) is 2.77. The summed E-state index contributed by atoms with van der Waals surface area (Å²) in [6, 6.07) is 6.31. The number of hydrogen-bond donors (Lipinski definition) is 1. The summed E-state index contributed by atoms with van der Waals surface area (Å²) in [5, 5.41) is 0. The molecule has 0 bridgehead atoms. The molecule has 108 valence electrons. The molecule has 2 rings (SSSR count). The van der Waals surface area contributed by atoms with Crippen molar-refractivity contribution in [2.45, 2.75) is 39.8 Å². The molecule has 0 saturated heterocycles. The van der Waals surface area contributed by atoms with E-state index in [1.54, 1.807) is 0 Å². The van der Waals surface area contributed by atoms with Crippen LogP contribution in [0.25, 0.3) is 0 Å². The van der Waals surface area contributed by atoms with Gasteiger partial charge in [-0.3, -0.25) is 0 Å². The summed E-state index contributed by atoms with van der Waals surface area (Å²) >= 11 is 0. The van der Waals surface area contributed by atoms with E-state index in [2.05, 4.69) is 22.9 Å². The second-order valence-corrected chi connectivity index (χ2v) is 5.53. The van der Waals surface area contributed by atoms with Crippen molar-refractivity contribution in [2.75, 3.05) is 11.9 Å². The van der Waals surface area contributed by atoms with Crippen molar-refractivity contribution in [1.29, 1.82) is 0 Å². The Hall–Kier alpha value is -1.81. The summed E-state index contributed by atoms with van der Waals surface area (Å²) < 4.78 is 5.61. The highest BCUT2D eigenvalue weighted by atomic mass is 16.3. The zero-order valence-electron chi connectivity index (χ0n) is 12.7. The van der Waals surface area contributed by atoms with Crippen LogP contribution in [0.15, 0.2) is 28.8 Å². The highest BCUT2D eigenvalue weighted by Gasteiger charge is 2.10. The molecule has 1 unspecified atom stereocenters. The van der Waals surface area contributed by atoms with E-state index in [4.69, 9.17) is 10.2 Å². The molecule has 0 aliphatic carbocycles. The predicted octanol–water partition coefficient (Wildman–Crippen LogP) is 2.82. The summed E-state index contributed by atoms with van der Waals surface area (Å²) in [6.45, 7) is 6.76. The number of nitrogens with zero attached hydrogens (tertiary/aromatic N) is 2. The van der Waals surface area contributed by atoms with Gasteiger partial charge in [-0.15, -0.1) is 0 Å². The van der Waals surface area contributed by atoms with E-state index >= 15 is 0 Å². The van der Waals surface area contributed by atoms with Gasteiger partial charge in [-0.1, -0.05) is 6.07 Å². The molecule has 0 aliphatic rings. The maximum Gasteiger partial charge on any atom is 0.131 e. The molecule has 0 spiro atoms. The minimum atomic E-state index is 0.158. The second-order valence-electron chi connectivity index (χ2n) is 5.53. The quantitative estimate of drug-likeness (QED) is 0.910. The highest BCUT2D eigenvalue weighted by molar-refractivity contribution is 5.47. The fourth-order valence-corrected chi connectivity index (χ4v) is 2.39. The largest absolute Gasteiger partial charge is 0.464 e. The highest BCUT2D eigenvalue weighted by Crippen LogP contribution is 2.20. The van der Waals surface area contributed by atoms with Gasteiger partial charge in [-0.25, -0.2) is 4.98 Å². The van der Waals surface area contributed by atoms with Gasteiger partial charge in [-0.2, -0.15) is 0 Å². The molecule has 4 nitrogen and oxygen atoms in total. The first kappa shape index (κ1) is 14.6. The van der Waals surface area contributed by atoms with Crippen LogP contribution in [0.5, 0.6) is 0 Å². The van der Waals surface area contributed by atoms with Gasteiger partial charge in [0.1, 0.15) is 17.3 Å². The maximum absolute atomic E-state index is 5.83. The Labute approximate surface area is 120 Å². The molecular formula is C16H23N3O. The topological polar surface area (TPSA) is 55.3 Å². The first-order valence-corrected chi connectivity index (χ1v) is 6.93. The Morgan fingerprint density at radius 2 is 2.10 bits per heavy atom. The number of nitrogens with two attached hydrogens (primary N) is 1. The number of furan rings is 1. The summed E-state index contributed by atoms with van der Waals surface area (Å²) in [7, 11) is 2.03. The van der Waals surface area contributed by atoms with Gasteiger partial charge in [0.2, 0.25) is 0 Å². The SMILES string of the molecule is Cc1ccc(CN(C)c2ncc(CC(C)N)cc2C)o1. The van der Waals surface area contributed by atoms with Gasteiger partial charge >= 0.3 is 0 Å². The summed E-state index contributed by atoms with van der Waals surface area (Å²) in [5.74, 6) is 2.86. The monoisotopic (exact) mass is 273 g/mol. The van der Waals surface area contributed by atoms with Crippen LogP contribution >= 0.6 is 0 Å². The molecule has 4 heteroatoms. The van der Waals surface area contributed by atoms with Crippen molar-refractivity contribution in [3.63, 3.8) is 0 Å². The lowest BCUT2D eigenvalue weighted by Crippen LogP contribution is -2.20. The average Bonchev–Trinajstić information content (AvgIpc) is 2.73. The number of hydrogen-bond acceptors (Lipinski definition) is 4. The van der Waals surface area contributed by atoms with E-state index in [0.717, 1.165) is 29.3 Å². The van der Waals surface area contributed by atoms with Crippen LogP contribution in [0.4, 0.5) is 5.82 Å². The van der Waals surface area contributed by atoms with E-state index in [0.29, 0.717) is 6.54 Å². The van der Waals surface area contributed by atoms with Gasteiger partial charge in [-0.05, 0) is 50.5 Å². The molecule has 0 aliphatic heterocycles. The number of anilines is 1. The Balaban J connectivity index is 2.11. The molecule has 2 N–H and O–H groups in total. The number of aromatic nitrogens is 1. The Morgan fingerprint density at radius 1 is 1.35 bits per heavy atom. The first-order chi connectivity index (χ1) is 9.45. The van der Waals surface area contributed by atoms with Gasteiger partial charge in [0.05, 0.1) is 6.54 Å². The third-order valence-corrected chi connectivity index (χ3v) is 3.22. The predicted molar refractivity (Wildman–Crippen MR) is 81.9 cm³/mol. The van der Waals surface area contributed by atoms with E-state index in [1.807, 2.05) is 39.2 Å². The minimum Gasteiger partial charge on any atom is -0.464 e. The summed E-state index contributed by atoms with van der Waals surface area (Å²) in [4.78, 5) is 6.66. The van der Waals surface area contributed by atoms with Crippen molar-refractivity contribution in [1.82, 2.24) is 4.98 Å². The Kier molecular flexibility index (Phi) is 4.45. The maximum atomic E-state index is 5.83. The van der Waals surface area contributed by atoms with Crippen LogP contribution in [0, 0.1) is 13.8 Å². The van der Waals surface area contributed by atoms with Gasteiger partial charge in [0.25, 0.3) is 0 Å². The lowest BCUT2D eigenvalue weighted by atomic mass is 10.1. The molecule has 2 heterocycles. The van der Waals surface area contributed by atoms with E-state index in [1.165, 1.54) is 5.56 Å². The molecule has 0 amide bonds. The zero-order valence-corrected chi connectivity index (χ0v) is 12.7. The lowest BCUT2D eigenvalue weighted by Gasteiger charge is -2.19. The van der Waals surface area contributed by atoms with Crippen molar-refractivity contribution in [3.05, 3.63) is 47.0 Å². The van der Waals surface area contributed by atoms with Crippen LogP contribution in [-0.2, 0) is 13.0 Å². The fourth-order valence-electron chi connectivity index (χ4n) is 2.39. The molecule has 0 radical (unpaired) electrons. The van der Waals surface area contributed by atoms with Crippen molar-refractivity contribution >= 4 is 5.82 Å². The molecule has 0 saturated carbocycles. The molecule has 2 aromatic rings.